The third-order valence-electron chi connectivity index (χ3n) is 4.36. The SMILES string of the molecule is CCCCCCCC(C)(CCCCC)NC(=O)c1ccsc1. The topological polar surface area (TPSA) is 29.1 Å². The first-order valence-electron chi connectivity index (χ1n) is 8.96. The first kappa shape index (κ1) is 19.2. The predicted molar refractivity (Wildman–Crippen MR) is 97.7 cm³/mol. The number of amides is 1. The van der Waals surface area contributed by atoms with Crippen molar-refractivity contribution in [3.8, 4) is 0 Å². The second kappa shape index (κ2) is 10.8. The van der Waals surface area contributed by atoms with Crippen LogP contribution < -0.4 is 5.32 Å². The lowest BCUT2D eigenvalue weighted by Crippen LogP contribution is -2.45. The van der Waals surface area contributed by atoms with Crippen molar-refractivity contribution in [3.63, 3.8) is 0 Å². The minimum Gasteiger partial charge on any atom is -0.347 e. The number of thiophene rings is 1. The van der Waals surface area contributed by atoms with E-state index >= 15 is 0 Å². The van der Waals surface area contributed by atoms with Crippen molar-refractivity contribution in [2.45, 2.75) is 90.5 Å². The fraction of sp³-hybridized carbons (Fsp3) is 0.737. The molecule has 0 aromatic carbocycles. The summed E-state index contributed by atoms with van der Waals surface area (Å²) in [7, 11) is 0. The van der Waals surface area contributed by atoms with E-state index in [9.17, 15) is 4.79 Å². The highest BCUT2D eigenvalue weighted by atomic mass is 32.1. The van der Waals surface area contributed by atoms with E-state index in [1.807, 2.05) is 16.8 Å². The molecule has 1 N–H and O–H groups in total. The van der Waals surface area contributed by atoms with Crippen molar-refractivity contribution < 1.29 is 4.79 Å². The maximum Gasteiger partial charge on any atom is 0.252 e. The number of rotatable bonds is 12. The fourth-order valence-electron chi connectivity index (χ4n) is 2.87. The fourth-order valence-corrected chi connectivity index (χ4v) is 3.51. The molecule has 0 aliphatic heterocycles. The zero-order valence-electron chi connectivity index (χ0n) is 14.6. The average Bonchev–Trinajstić information content (AvgIpc) is 3.02. The summed E-state index contributed by atoms with van der Waals surface area (Å²) >= 11 is 1.58. The van der Waals surface area contributed by atoms with Crippen molar-refractivity contribution in [1.82, 2.24) is 5.32 Å². The van der Waals surface area contributed by atoms with Gasteiger partial charge < -0.3 is 5.32 Å². The molecule has 0 bridgehead atoms. The molecule has 1 aromatic rings. The summed E-state index contributed by atoms with van der Waals surface area (Å²) in [5, 5.41) is 7.21. The minimum absolute atomic E-state index is 0.0552. The quantitative estimate of drug-likeness (QED) is 0.457. The standard InChI is InChI=1S/C19H33NOS/c1-4-6-8-9-11-14-19(3,13-10-7-5-2)20-18(21)17-12-15-22-16-17/h12,15-16H,4-11,13-14H2,1-3H3,(H,20,21). The molecule has 0 radical (unpaired) electrons. The van der Waals surface area contributed by atoms with Crippen LogP contribution in [0.25, 0.3) is 0 Å². The molecule has 1 atom stereocenters. The zero-order valence-corrected chi connectivity index (χ0v) is 15.4. The van der Waals surface area contributed by atoms with Crippen LogP contribution in [0.4, 0.5) is 0 Å². The summed E-state index contributed by atoms with van der Waals surface area (Å²) < 4.78 is 0. The molecule has 0 saturated carbocycles. The van der Waals surface area contributed by atoms with Gasteiger partial charge in [0.15, 0.2) is 0 Å². The van der Waals surface area contributed by atoms with Gasteiger partial charge in [-0.3, -0.25) is 4.79 Å². The summed E-state index contributed by atoms with van der Waals surface area (Å²) in [5.41, 5.74) is 0.748. The molecule has 0 aliphatic carbocycles. The van der Waals surface area contributed by atoms with Crippen LogP contribution in [-0.4, -0.2) is 11.4 Å². The number of unbranched alkanes of at least 4 members (excludes halogenated alkanes) is 6. The Bertz CT molecular complexity index is 402. The highest BCUT2D eigenvalue weighted by molar-refractivity contribution is 7.08. The first-order valence-corrected chi connectivity index (χ1v) is 9.90. The van der Waals surface area contributed by atoms with E-state index in [1.165, 1.54) is 51.4 Å². The lowest BCUT2D eigenvalue weighted by Gasteiger charge is -2.31. The van der Waals surface area contributed by atoms with Gasteiger partial charge in [0.1, 0.15) is 0 Å². The van der Waals surface area contributed by atoms with Crippen LogP contribution in [0, 0.1) is 0 Å². The van der Waals surface area contributed by atoms with Crippen LogP contribution in [0.1, 0.15) is 95.3 Å². The van der Waals surface area contributed by atoms with Crippen LogP contribution in [0.3, 0.4) is 0 Å². The van der Waals surface area contributed by atoms with Gasteiger partial charge in [-0.05, 0) is 31.2 Å². The van der Waals surface area contributed by atoms with E-state index in [-0.39, 0.29) is 11.4 Å². The number of nitrogens with one attached hydrogen (secondary N) is 1. The smallest absolute Gasteiger partial charge is 0.252 e. The van der Waals surface area contributed by atoms with Crippen LogP contribution in [-0.2, 0) is 0 Å². The number of carbonyl (C=O) groups excluding carboxylic acids is 1. The van der Waals surface area contributed by atoms with Crippen LogP contribution >= 0.6 is 11.3 Å². The number of hydrogen-bond donors (Lipinski definition) is 1. The van der Waals surface area contributed by atoms with E-state index in [4.69, 9.17) is 0 Å². The third-order valence-corrected chi connectivity index (χ3v) is 5.05. The first-order chi connectivity index (χ1) is 10.6. The lowest BCUT2D eigenvalue weighted by molar-refractivity contribution is 0.0893. The van der Waals surface area contributed by atoms with E-state index in [0.717, 1.165) is 18.4 Å². The predicted octanol–water partition coefficient (Wildman–Crippen LogP) is 6.18. The Morgan fingerprint density at radius 2 is 1.64 bits per heavy atom. The van der Waals surface area contributed by atoms with Gasteiger partial charge in [0.05, 0.1) is 5.56 Å². The van der Waals surface area contributed by atoms with Gasteiger partial charge in [-0.1, -0.05) is 65.2 Å². The lowest BCUT2D eigenvalue weighted by atomic mass is 9.88. The molecule has 22 heavy (non-hydrogen) atoms. The van der Waals surface area contributed by atoms with Gasteiger partial charge in [0, 0.05) is 10.9 Å². The van der Waals surface area contributed by atoms with Crippen LogP contribution in [0.5, 0.6) is 0 Å². The maximum atomic E-state index is 12.4. The maximum absolute atomic E-state index is 12.4. The molecule has 2 nitrogen and oxygen atoms in total. The zero-order chi connectivity index (χ0) is 16.3. The van der Waals surface area contributed by atoms with E-state index in [2.05, 4.69) is 26.1 Å². The van der Waals surface area contributed by atoms with Crippen LogP contribution in [0.15, 0.2) is 16.8 Å². The van der Waals surface area contributed by atoms with E-state index < -0.39 is 0 Å². The highest BCUT2D eigenvalue weighted by Gasteiger charge is 2.25. The molecule has 1 rings (SSSR count). The summed E-state index contributed by atoms with van der Waals surface area (Å²) in [6.07, 6.45) is 12.3. The Balaban J connectivity index is 2.50. The van der Waals surface area contributed by atoms with Gasteiger partial charge in [0.25, 0.3) is 5.91 Å². The van der Waals surface area contributed by atoms with Crippen molar-refractivity contribution in [1.29, 1.82) is 0 Å². The molecule has 0 aliphatic rings. The molecule has 0 spiro atoms. The van der Waals surface area contributed by atoms with E-state index in [0.29, 0.717) is 0 Å². The summed E-state index contributed by atoms with van der Waals surface area (Å²) in [5.74, 6) is 0.0915. The molecule has 1 aromatic heterocycles. The van der Waals surface area contributed by atoms with Gasteiger partial charge in [0.2, 0.25) is 0 Å². The van der Waals surface area contributed by atoms with Crippen molar-refractivity contribution in [3.05, 3.63) is 22.4 Å². The van der Waals surface area contributed by atoms with Crippen molar-refractivity contribution in [2.75, 3.05) is 0 Å². The van der Waals surface area contributed by atoms with Gasteiger partial charge in [-0.15, -0.1) is 0 Å². The van der Waals surface area contributed by atoms with Crippen molar-refractivity contribution >= 4 is 17.2 Å². The molecule has 0 saturated heterocycles. The van der Waals surface area contributed by atoms with Gasteiger partial charge in [-0.25, -0.2) is 0 Å². The Kier molecular flexibility index (Phi) is 9.45. The summed E-state index contributed by atoms with van der Waals surface area (Å²) in [6, 6.07) is 1.91. The number of carbonyl (C=O) groups is 1. The molecule has 3 heteroatoms. The largest absolute Gasteiger partial charge is 0.347 e. The third kappa shape index (κ3) is 7.44. The van der Waals surface area contributed by atoms with Crippen molar-refractivity contribution in [2.24, 2.45) is 0 Å². The molecule has 1 amide bonds. The minimum atomic E-state index is -0.0552. The Labute approximate surface area is 140 Å². The highest BCUT2D eigenvalue weighted by Crippen LogP contribution is 2.23. The molecule has 126 valence electrons. The molecule has 1 unspecified atom stereocenters. The molecular formula is C19H33NOS. The monoisotopic (exact) mass is 323 g/mol. The van der Waals surface area contributed by atoms with Gasteiger partial charge >= 0.3 is 0 Å². The number of hydrogen-bond acceptors (Lipinski definition) is 2. The normalized spacial score (nSPS) is 13.8. The average molecular weight is 324 g/mol. The second-order valence-corrected chi connectivity index (χ2v) is 7.43. The summed E-state index contributed by atoms with van der Waals surface area (Å²) in [6.45, 7) is 6.70. The Morgan fingerprint density at radius 1 is 1.05 bits per heavy atom. The Morgan fingerprint density at radius 3 is 2.23 bits per heavy atom. The van der Waals surface area contributed by atoms with Gasteiger partial charge in [-0.2, -0.15) is 11.3 Å². The van der Waals surface area contributed by atoms with Crippen LogP contribution in [0.2, 0.25) is 0 Å². The molecule has 1 heterocycles. The van der Waals surface area contributed by atoms with E-state index in [1.54, 1.807) is 11.3 Å². The summed E-state index contributed by atoms with van der Waals surface area (Å²) in [4.78, 5) is 12.4. The second-order valence-electron chi connectivity index (χ2n) is 6.65. The molecule has 0 fully saturated rings. The molecular weight excluding hydrogens is 290 g/mol. The Hall–Kier alpha value is -0.830.